The SMILES string of the molecule is CC(C)(C)OC(=O)[C@@H](N=C(c1ccccc1)c1ccccc1)[C@H](CC(=O)c1cccs1)c1ccccc1. The second-order valence-electron chi connectivity index (χ2n) is 9.81. The van der Waals surface area contributed by atoms with E-state index in [-0.39, 0.29) is 12.2 Å². The molecule has 4 rings (SSSR count). The smallest absolute Gasteiger partial charge is 0.332 e. The van der Waals surface area contributed by atoms with Crippen molar-refractivity contribution in [1.82, 2.24) is 0 Å². The molecule has 0 amide bonds. The van der Waals surface area contributed by atoms with Crippen LogP contribution in [0.15, 0.2) is 114 Å². The zero-order valence-electron chi connectivity index (χ0n) is 21.3. The third-order valence-electron chi connectivity index (χ3n) is 5.82. The summed E-state index contributed by atoms with van der Waals surface area (Å²) in [6, 6.07) is 32.0. The van der Waals surface area contributed by atoms with Crippen molar-refractivity contribution >= 4 is 28.8 Å². The Morgan fingerprint density at radius 2 is 1.32 bits per heavy atom. The molecular formula is C32H31NO3S. The fraction of sp³-hybridized carbons (Fsp3) is 0.219. The summed E-state index contributed by atoms with van der Waals surface area (Å²) in [5, 5.41) is 1.89. The fourth-order valence-corrected chi connectivity index (χ4v) is 4.84. The third kappa shape index (κ3) is 7.11. The molecule has 1 heterocycles. The van der Waals surface area contributed by atoms with Crippen LogP contribution in [0.4, 0.5) is 0 Å². The summed E-state index contributed by atoms with van der Waals surface area (Å²) in [5.41, 5.74) is 2.62. The Balaban J connectivity index is 1.88. The largest absolute Gasteiger partial charge is 0.458 e. The van der Waals surface area contributed by atoms with Crippen molar-refractivity contribution in [1.29, 1.82) is 0 Å². The van der Waals surface area contributed by atoms with E-state index in [4.69, 9.17) is 9.73 Å². The maximum absolute atomic E-state index is 13.8. The molecule has 0 saturated heterocycles. The van der Waals surface area contributed by atoms with Gasteiger partial charge in [-0.25, -0.2) is 4.79 Å². The first-order valence-electron chi connectivity index (χ1n) is 12.3. The average Bonchev–Trinajstić information content (AvgIpc) is 3.44. The number of Topliss-reactive ketones (excluding diaryl/α,β-unsaturated/α-hetero) is 1. The topological polar surface area (TPSA) is 55.7 Å². The summed E-state index contributed by atoms with van der Waals surface area (Å²) in [6.07, 6.45) is 0.134. The van der Waals surface area contributed by atoms with E-state index < -0.39 is 23.5 Å². The van der Waals surface area contributed by atoms with Crippen LogP contribution in [0, 0.1) is 0 Å². The lowest BCUT2D eigenvalue weighted by Gasteiger charge is -2.28. The Hall–Kier alpha value is -3.83. The quantitative estimate of drug-likeness (QED) is 0.135. The zero-order valence-corrected chi connectivity index (χ0v) is 22.2. The molecule has 0 saturated carbocycles. The van der Waals surface area contributed by atoms with Gasteiger partial charge in [-0.2, -0.15) is 0 Å². The van der Waals surface area contributed by atoms with E-state index in [1.807, 2.05) is 129 Å². The minimum Gasteiger partial charge on any atom is -0.458 e. The van der Waals surface area contributed by atoms with Crippen LogP contribution in [0.25, 0.3) is 0 Å². The normalized spacial score (nSPS) is 12.8. The average molecular weight is 510 g/mol. The molecule has 0 aliphatic rings. The van der Waals surface area contributed by atoms with Gasteiger partial charge in [-0.05, 0) is 37.8 Å². The summed E-state index contributed by atoms with van der Waals surface area (Å²) in [4.78, 5) is 32.9. The number of nitrogens with zero attached hydrogens (tertiary/aromatic N) is 1. The second-order valence-corrected chi connectivity index (χ2v) is 10.8. The number of carbonyl (C=O) groups is 2. The van der Waals surface area contributed by atoms with E-state index in [0.29, 0.717) is 10.6 Å². The number of thiophene rings is 1. The lowest BCUT2D eigenvalue weighted by Crippen LogP contribution is -2.36. The first-order valence-corrected chi connectivity index (χ1v) is 13.2. The van der Waals surface area contributed by atoms with Crippen LogP contribution in [0.1, 0.15) is 59.5 Å². The van der Waals surface area contributed by atoms with Crippen LogP contribution in [0.2, 0.25) is 0 Å². The number of rotatable bonds is 9. The van der Waals surface area contributed by atoms with Gasteiger partial charge in [0.15, 0.2) is 11.8 Å². The van der Waals surface area contributed by atoms with Gasteiger partial charge in [0.1, 0.15) is 5.60 Å². The highest BCUT2D eigenvalue weighted by molar-refractivity contribution is 7.12. The number of hydrogen-bond acceptors (Lipinski definition) is 5. The predicted octanol–water partition coefficient (Wildman–Crippen LogP) is 7.35. The molecule has 0 bridgehead atoms. The summed E-state index contributed by atoms with van der Waals surface area (Å²) in [6.45, 7) is 5.53. The van der Waals surface area contributed by atoms with Crippen molar-refractivity contribution in [2.75, 3.05) is 0 Å². The van der Waals surface area contributed by atoms with Gasteiger partial charge < -0.3 is 4.74 Å². The molecule has 188 valence electrons. The number of aliphatic imine (C=N–C) groups is 1. The van der Waals surface area contributed by atoms with Crippen molar-refractivity contribution in [3.8, 4) is 0 Å². The minimum absolute atomic E-state index is 0.0198. The Morgan fingerprint density at radius 3 is 1.81 bits per heavy atom. The van der Waals surface area contributed by atoms with Crippen LogP contribution in [-0.2, 0) is 9.53 Å². The van der Waals surface area contributed by atoms with Crippen molar-refractivity contribution in [2.45, 2.75) is 44.8 Å². The van der Waals surface area contributed by atoms with Gasteiger partial charge in [-0.3, -0.25) is 9.79 Å². The van der Waals surface area contributed by atoms with Crippen molar-refractivity contribution in [2.24, 2.45) is 4.99 Å². The van der Waals surface area contributed by atoms with Crippen LogP contribution >= 0.6 is 11.3 Å². The van der Waals surface area contributed by atoms with Crippen LogP contribution in [0.5, 0.6) is 0 Å². The van der Waals surface area contributed by atoms with Gasteiger partial charge in [-0.1, -0.05) is 97.1 Å². The molecule has 4 nitrogen and oxygen atoms in total. The van der Waals surface area contributed by atoms with Gasteiger partial charge in [0.2, 0.25) is 0 Å². The van der Waals surface area contributed by atoms with Crippen LogP contribution in [0.3, 0.4) is 0 Å². The maximum Gasteiger partial charge on any atom is 0.332 e. The van der Waals surface area contributed by atoms with E-state index in [0.717, 1.165) is 16.7 Å². The fourth-order valence-electron chi connectivity index (χ4n) is 4.17. The van der Waals surface area contributed by atoms with E-state index in [2.05, 4.69) is 0 Å². The number of benzene rings is 3. The number of hydrogen-bond donors (Lipinski definition) is 0. The first-order chi connectivity index (χ1) is 17.8. The summed E-state index contributed by atoms with van der Waals surface area (Å²) < 4.78 is 5.89. The maximum atomic E-state index is 13.8. The standard InChI is InChI=1S/C32H31NO3S/c1-32(2,3)36-31(35)30(33-29(24-16-9-5-10-17-24)25-18-11-6-12-19-25)26(23-14-7-4-8-15-23)22-27(34)28-20-13-21-37-28/h4-21,26,30H,22H2,1-3H3/t26-,30+/m1/s1. The number of esters is 1. The molecule has 0 spiro atoms. The molecule has 5 heteroatoms. The van der Waals surface area contributed by atoms with E-state index in [9.17, 15) is 9.59 Å². The van der Waals surface area contributed by atoms with Crippen molar-refractivity contribution in [3.05, 3.63) is 130 Å². The summed E-state index contributed by atoms with van der Waals surface area (Å²) in [5.74, 6) is -0.980. The van der Waals surface area contributed by atoms with Crippen molar-refractivity contribution in [3.63, 3.8) is 0 Å². The summed E-state index contributed by atoms with van der Waals surface area (Å²) in [7, 11) is 0. The van der Waals surface area contributed by atoms with E-state index in [1.165, 1.54) is 11.3 Å². The molecular weight excluding hydrogens is 478 g/mol. The molecule has 0 unspecified atom stereocenters. The van der Waals surface area contributed by atoms with E-state index in [1.54, 1.807) is 0 Å². The lowest BCUT2D eigenvalue weighted by molar-refractivity contribution is -0.156. The molecule has 0 radical (unpaired) electrons. The van der Waals surface area contributed by atoms with Gasteiger partial charge >= 0.3 is 5.97 Å². The Labute approximate surface area is 222 Å². The van der Waals surface area contributed by atoms with E-state index >= 15 is 0 Å². The molecule has 3 aromatic carbocycles. The van der Waals surface area contributed by atoms with Gasteiger partial charge in [0, 0.05) is 23.5 Å². The molecule has 4 aromatic rings. The molecule has 0 aliphatic carbocycles. The number of ether oxygens (including phenoxy) is 1. The number of carbonyl (C=O) groups excluding carboxylic acids is 2. The molecule has 1 aromatic heterocycles. The third-order valence-corrected chi connectivity index (χ3v) is 6.73. The molecule has 37 heavy (non-hydrogen) atoms. The monoisotopic (exact) mass is 509 g/mol. The number of ketones is 1. The highest BCUT2D eigenvalue weighted by atomic mass is 32.1. The highest BCUT2D eigenvalue weighted by Crippen LogP contribution is 2.31. The van der Waals surface area contributed by atoms with Gasteiger partial charge in [0.05, 0.1) is 10.6 Å². The van der Waals surface area contributed by atoms with Gasteiger partial charge in [0.25, 0.3) is 0 Å². The highest BCUT2D eigenvalue weighted by Gasteiger charge is 2.35. The van der Waals surface area contributed by atoms with Crippen LogP contribution in [-0.4, -0.2) is 29.1 Å². The minimum atomic E-state index is -0.930. The lowest BCUT2D eigenvalue weighted by atomic mass is 9.86. The van der Waals surface area contributed by atoms with Crippen LogP contribution < -0.4 is 0 Å². The molecule has 0 N–H and O–H groups in total. The first kappa shape index (κ1) is 26.2. The van der Waals surface area contributed by atoms with Crippen molar-refractivity contribution < 1.29 is 14.3 Å². The Bertz CT molecular complexity index is 1280. The predicted molar refractivity (Wildman–Crippen MR) is 151 cm³/mol. The molecule has 0 aliphatic heterocycles. The molecule has 2 atom stereocenters. The second kappa shape index (κ2) is 11.9. The van der Waals surface area contributed by atoms with Gasteiger partial charge in [-0.15, -0.1) is 11.3 Å². The molecule has 0 fully saturated rings. The zero-order chi connectivity index (χ0) is 26.3. The summed E-state index contributed by atoms with van der Waals surface area (Å²) >= 11 is 1.40. The Kier molecular flexibility index (Phi) is 8.47. The Morgan fingerprint density at radius 1 is 0.784 bits per heavy atom.